The Hall–Kier alpha value is -0.790. The van der Waals surface area contributed by atoms with E-state index < -0.39 is 50.9 Å². The van der Waals surface area contributed by atoms with Crippen LogP contribution >= 0.6 is 6.83 Å². The molecule has 1 rings (SSSR count). The van der Waals surface area contributed by atoms with E-state index in [4.69, 9.17) is 3.97 Å². The van der Waals surface area contributed by atoms with Gasteiger partial charge in [0.05, 0.1) is 0 Å². The topological polar surface area (TPSA) is 43.4 Å². The summed E-state index contributed by atoms with van der Waals surface area (Å²) in [5, 5.41) is 0. The summed E-state index contributed by atoms with van der Waals surface area (Å²) in [7, 11) is -5.23. The van der Waals surface area contributed by atoms with Crippen LogP contribution in [-0.4, -0.2) is 33.1 Å². The predicted octanol–water partition coefficient (Wildman–Crippen LogP) is 6.20. The summed E-state index contributed by atoms with van der Waals surface area (Å²) < 4.78 is 100. The minimum atomic E-state index is -5.23. The number of rotatable bonds is 11. The van der Waals surface area contributed by atoms with Crippen LogP contribution in [0.5, 0.6) is 0 Å². The van der Waals surface area contributed by atoms with Crippen molar-refractivity contribution in [3.63, 3.8) is 0 Å². The van der Waals surface area contributed by atoms with Crippen LogP contribution in [0.15, 0.2) is 4.90 Å². The van der Waals surface area contributed by atoms with Crippen molar-refractivity contribution < 1.29 is 34.3 Å². The Morgan fingerprint density at radius 2 is 0.929 bits per heavy atom. The molecule has 0 aliphatic heterocycles. The first-order valence-electron chi connectivity index (χ1n) is 9.42. The van der Waals surface area contributed by atoms with E-state index in [1.54, 1.807) is 0 Å². The summed E-state index contributed by atoms with van der Waals surface area (Å²) in [6, 6.07) is 0. The van der Waals surface area contributed by atoms with Gasteiger partial charge in [-0.25, -0.2) is 0 Å². The van der Waals surface area contributed by atoms with Gasteiger partial charge in [-0.1, -0.05) is 0 Å². The number of hydrogen-bond donors (Lipinski definition) is 0. The Balaban J connectivity index is 3.76. The van der Waals surface area contributed by atoms with Crippen molar-refractivity contribution in [3.05, 3.63) is 29.1 Å². The molecule has 0 atom stereocenters. The number of halogens is 5. The van der Waals surface area contributed by atoms with Crippen molar-refractivity contribution in [2.24, 2.45) is 0 Å². The zero-order valence-electron chi connectivity index (χ0n) is 16.6. The average Bonchev–Trinajstić information content (AvgIpc) is 2.58. The predicted molar refractivity (Wildman–Crippen MR) is 102 cm³/mol. The Morgan fingerprint density at radius 3 is 1.21 bits per heavy atom. The van der Waals surface area contributed by atoms with Crippen LogP contribution in [0.25, 0.3) is 0 Å². The van der Waals surface area contributed by atoms with Gasteiger partial charge in [0.25, 0.3) is 0 Å². The third kappa shape index (κ3) is 4.68. The maximum absolute atomic E-state index is 14.2. The molecule has 0 aliphatic rings. The molecular formula is C18H28F5O3PS. The van der Waals surface area contributed by atoms with E-state index >= 15 is 0 Å². The first-order valence-corrected chi connectivity index (χ1v) is 13.7. The van der Waals surface area contributed by atoms with Gasteiger partial charge in [0.1, 0.15) is 0 Å². The van der Waals surface area contributed by atoms with E-state index in [1.165, 1.54) is 0 Å². The van der Waals surface area contributed by atoms with Gasteiger partial charge in [-0.15, -0.1) is 0 Å². The molecule has 0 amide bonds. The molecule has 0 heterocycles. The fraction of sp³-hybridized carbons (Fsp3) is 0.667. The van der Waals surface area contributed by atoms with Gasteiger partial charge < -0.3 is 0 Å². The molecule has 0 saturated heterocycles. The number of hydrogen-bond acceptors (Lipinski definition) is 3. The van der Waals surface area contributed by atoms with Crippen LogP contribution in [0.4, 0.5) is 22.0 Å². The van der Waals surface area contributed by atoms with Crippen molar-refractivity contribution in [2.45, 2.75) is 58.3 Å². The van der Waals surface area contributed by atoms with Gasteiger partial charge in [0.2, 0.25) is 0 Å². The number of benzene rings is 1. The van der Waals surface area contributed by atoms with Gasteiger partial charge in [-0.3, -0.25) is 0 Å². The molecule has 0 unspecified atom stereocenters. The molecule has 1 aromatic carbocycles. The van der Waals surface area contributed by atoms with E-state index in [2.05, 4.69) is 0 Å². The molecule has 3 nitrogen and oxygen atoms in total. The second-order valence-electron chi connectivity index (χ2n) is 7.18. The van der Waals surface area contributed by atoms with E-state index in [0.717, 1.165) is 0 Å². The van der Waals surface area contributed by atoms with Crippen molar-refractivity contribution in [3.8, 4) is 0 Å². The molecule has 0 spiro atoms. The quantitative estimate of drug-likeness (QED) is 0.175. The Morgan fingerprint density at radius 1 is 0.643 bits per heavy atom. The van der Waals surface area contributed by atoms with Crippen molar-refractivity contribution in [1.29, 1.82) is 0 Å². The summed E-state index contributed by atoms with van der Waals surface area (Å²) in [6.45, 7) is 3.86. The fourth-order valence-electron chi connectivity index (χ4n) is 4.20. The van der Waals surface area contributed by atoms with Crippen LogP contribution < -0.4 is 0 Å². The van der Waals surface area contributed by atoms with Crippen molar-refractivity contribution in [1.82, 2.24) is 0 Å². The van der Waals surface area contributed by atoms with Gasteiger partial charge in [-0.05, 0) is 0 Å². The third-order valence-corrected chi connectivity index (χ3v) is 14.5. The van der Waals surface area contributed by atoms with Gasteiger partial charge in [0, 0.05) is 0 Å². The van der Waals surface area contributed by atoms with E-state index in [0.29, 0.717) is 50.3 Å². The molecule has 0 aliphatic carbocycles. The molecule has 164 valence electrons. The molecule has 0 saturated carbocycles. The first kappa shape index (κ1) is 25.2. The van der Waals surface area contributed by atoms with Gasteiger partial charge in [0.15, 0.2) is 0 Å². The summed E-state index contributed by atoms with van der Waals surface area (Å²) >= 11 is 0. The van der Waals surface area contributed by atoms with Crippen LogP contribution in [0.2, 0.25) is 0 Å². The van der Waals surface area contributed by atoms with Crippen LogP contribution in [-0.2, 0) is 14.1 Å². The van der Waals surface area contributed by atoms with Gasteiger partial charge in [-0.2, -0.15) is 0 Å². The Bertz CT molecular complexity index is 749. The van der Waals surface area contributed by atoms with Crippen molar-refractivity contribution in [2.75, 3.05) is 24.6 Å². The average molecular weight is 450 g/mol. The second-order valence-corrected chi connectivity index (χ2v) is 14.6. The van der Waals surface area contributed by atoms with E-state index in [1.807, 2.05) is 27.7 Å². The first-order chi connectivity index (χ1) is 12.9. The van der Waals surface area contributed by atoms with E-state index in [-0.39, 0.29) is 0 Å². The molecule has 0 bridgehead atoms. The summed E-state index contributed by atoms with van der Waals surface area (Å²) in [4.78, 5) is -1.91. The summed E-state index contributed by atoms with van der Waals surface area (Å²) in [5.74, 6) is -11.8. The van der Waals surface area contributed by atoms with E-state index in [9.17, 15) is 30.4 Å². The standard InChI is InChI=1S/C18H28F5O3PS/c1-5-9-27(10-6-2,11-7-3,12-8-4)26-28(24,25)18-16(22)14(20)13(19)15(21)17(18)23/h5-12H2,1-4H3. The molecule has 0 N–H and O–H groups in total. The molecule has 0 aromatic heterocycles. The Labute approximate surface area is 163 Å². The zero-order chi connectivity index (χ0) is 21.8. The van der Waals surface area contributed by atoms with Crippen LogP contribution in [0.1, 0.15) is 53.4 Å². The molecule has 28 heavy (non-hydrogen) atoms. The molecule has 10 heteroatoms. The third-order valence-electron chi connectivity index (χ3n) is 4.89. The fourth-order valence-corrected chi connectivity index (χ4v) is 14.4. The second kappa shape index (κ2) is 9.35. The molecular weight excluding hydrogens is 422 g/mol. The normalized spacial score (nSPS) is 14.1. The van der Waals surface area contributed by atoms with Crippen LogP contribution in [0, 0.1) is 29.1 Å². The summed E-state index contributed by atoms with van der Waals surface area (Å²) in [5.41, 5.74) is 0. The van der Waals surface area contributed by atoms with Gasteiger partial charge >= 0.3 is 163 Å². The molecule has 1 aromatic rings. The SMILES string of the molecule is CCCP(CCC)(CCC)(CCC)OS(=O)(=O)c1c(F)c(F)c(F)c(F)c1F. The minimum absolute atomic E-state index is 0.399. The summed E-state index contributed by atoms with van der Waals surface area (Å²) in [6.07, 6.45) is 3.89. The maximum atomic E-state index is 14.2. The molecule has 0 fully saturated rings. The monoisotopic (exact) mass is 450 g/mol. The zero-order valence-corrected chi connectivity index (χ0v) is 18.3. The Kier molecular flexibility index (Phi) is 8.43. The van der Waals surface area contributed by atoms with Crippen LogP contribution in [0.3, 0.4) is 0 Å². The molecule has 0 radical (unpaired) electrons. The van der Waals surface area contributed by atoms with Crippen molar-refractivity contribution >= 4 is 16.9 Å².